The quantitative estimate of drug-likeness (QED) is 0.763. The molecule has 0 radical (unpaired) electrons. The van der Waals surface area contributed by atoms with E-state index in [2.05, 4.69) is 22.1 Å². The van der Waals surface area contributed by atoms with E-state index < -0.39 is 20.7 Å². The Labute approximate surface area is 128 Å². The molecule has 0 atom stereocenters. The van der Waals surface area contributed by atoms with Gasteiger partial charge < -0.3 is 9.84 Å². The molecule has 0 bridgehead atoms. The predicted molar refractivity (Wildman–Crippen MR) is 81.8 cm³/mol. The van der Waals surface area contributed by atoms with Crippen LogP contribution in [0.15, 0.2) is 33.7 Å². The number of aromatic nitrogens is 1. The van der Waals surface area contributed by atoms with Gasteiger partial charge in [-0.2, -0.15) is 0 Å². The van der Waals surface area contributed by atoms with E-state index >= 15 is 0 Å². The fourth-order valence-corrected chi connectivity index (χ4v) is 2.89. The molecule has 0 unspecified atom stereocenters. The van der Waals surface area contributed by atoms with Crippen LogP contribution in [0.2, 0.25) is 0 Å². The average molecular weight is 327 g/mol. The van der Waals surface area contributed by atoms with Crippen LogP contribution in [-0.4, -0.2) is 20.1 Å². The summed E-state index contributed by atoms with van der Waals surface area (Å²) in [4.78, 5) is -0.436. The highest BCUT2D eigenvalue weighted by atomic mass is 32.2. The molecule has 0 saturated heterocycles. The Hall–Kier alpha value is -2.09. The molecule has 120 valence electrons. The first-order chi connectivity index (χ1) is 10.4. The van der Waals surface area contributed by atoms with Gasteiger partial charge >= 0.3 is 0 Å². The minimum atomic E-state index is -4.05. The number of nitrogens with one attached hydrogen (secondary N) is 2. The Balaban J connectivity index is 2.16. The van der Waals surface area contributed by atoms with Crippen molar-refractivity contribution < 1.29 is 17.3 Å². The zero-order valence-electron chi connectivity index (χ0n) is 12.4. The number of unbranched alkanes of at least 4 members (excludes halogenated alkanes) is 1. The van der Waals surface area contributed by atoms with Gasteiger partial charge in [-0.3, -0.25) is 4.72 Å². The van der Waals surface area contributed by atoms with Gasteiger partial charge in [0.25, 0.3) is 10.0 Å². The van der Waals surface area contributed by atoms with Crippen LogP contribution in [0.3, 0.4) is 0 Å². The third-order valence-corrected chi connectivity index (χ3v) is 4.34. The molecule has 2 N–H and O–H groups in total. The third kappa shape index (κ3) is 3.97. The van der Waals surface area contributed by atoms with Crippen molar-refractivity contribution in [2.24, 2.45) is 0 Å². The molecule has 1 aromatic heterocycles. The van der Waals surface area contributed by atoms with Crippen LogP contribution in [0.1, 0.15) is 25.5 Å². The van der Waals surface area contributed by atoms with Gasteiger partial charge in [-0.25, -0.2) is 12.8 Å². The van der Waals surface area contributed by atoms with E-state index in [1.165, 1.54) is 18.2 Å². The van der Waals surface area contributed by atoms with E-state index in [1.54, 1.807) is 6.92 Å². The molecule has 0 spiro atoms. The fourth-order valence-electron chi connectivity index (χ4n) is 1.85. The third-order valence-electron chi connectivity index (χ3n) is 2.95. The average Bonchev–Trinajstić information content (AvgIpc) is 2.83. The second kappa shape index (κ2) is 6.78. The Morgan fingerprint density at radius 1 is 1.32 bits per heavy atom. The summed E-state index contributed by atoms with van der Waals surface area (Å²) < 4.78 is 45.3. The minimum Gasteiger partial charge on any atom is -0.385 e. The van der Waals surface area contributed by atoms with Gasteiger partial charge in [0.05, 0.1) is 0 Å². The summed E-state index contributed by atoms with van der Waals surface area (Å²) in [5.74, 6) is -0.357. The van der Waals surface area contributed by atoms with Crippen molar-refractivity contribution in [3.63, 3.8) is 0 Å². The Kier molecular flexibility index (Phi) is 5.02. The number of nitrogens with zero attached hydrogens (tertiary/aromatic N) is 1. The van der Waals surface area contributed by atoms with Crippen LogP contribution in [0.25, 0.3) is 0 Å². The number of hydrogen-bond acceptors (Lipinski definition) is 5. The first-order valence-electron chi connectivity index (χ1n) is 6.92. The van der Waals surface area contributed by atoms with Crippen LogP contribution < -0.4 is 10.0 Å². The molecule has 6 nitrogen and oxygen atoms in total. The fraction of sp³-hybridized carbons (Fsp3) is 0.357. The van der Waals surface area contributed by atoms with Crippen molar-refractivity contribution in [2.75, 3.05) is 16.6 Å². The molecule has 1 heterocycles. The van der Waals surface area contributed by atoms with E-state index in [4.69, 9.17) is 4.52 Å². The smallest absolute Gasteiger partial charge is 0.266 e. The van der Waals surface area contributed by atoms with E-state index in [0.717, 1.165) is 18.9 Å². The maximum absolute atomic E-state index is 14.1. The molecule has 0 aliphatic carbocycles. The normalized spacial score (nSPS) is 11.4. The van der Waals surface area contributed by atoms with E-state index in [9.17, 15) is 12.8 Å². The van der Waals surface area contributed by atoms with Gasteiger partial charge in [-0.15, -0.1) is 0 Å². The zero-order valence-corrected chi connectivity index (χ0v) is 13.2. The first kappa shape index (κ1) is 16.3. The van der Waals surface area contributed by atoms with Crippen molar-refractivity contribution in [1.29, 1.82) is 0 Å². The Morgan fingerprint density at radius 3 is 2.68 bits per heavy atom. The summed E-state index contributed by atoms with van der Waals surface area (Å²) in [6, 6.07) is 5.33. The lowest BCUT2D eigenvalue weighted by molar-refractivity contribution is 0.400. The second-order valence-corrected chi connectivity index (χ2v) is 6.50. The lowest BCUT2D eigenvalue weighted by Crippen LogP contribution is -2.15. The summed E-state index contributed by atoms with van der Waals surface area (Å²) in [6.07, 6.45) is 1.97. The molecule has 0 aliphatic heterocycles. The number of anilines is 2. The van der Waals surface area contributed by atoms with Crippen LogP contribution in [0.4, 0.5) is 15.9 Å². The van der Waals surface area contributed by atoms with Crippen LogP contribution >= 0.6 is 0 Å². The van der Waals surface area contributed by atoms with Gasteiger partial charge in [0.2, 0.25) is 0 Å². The largest absolute Gasteiger partial charge is 0.385 e. The van der Waals surface area contributed by atoms with Gasteiger partial charge in [-0.1, -0.05) is 18.5 Å². The van der Waals surface area contributed by atoms with Crippen LogP contribution in [0, 0.1) is 12.7 Å². The maximum atomic E-state index is 14.1. The molecule has 2 rings (SSSR count). The minimum absolute atomic E-state index is 0.0158. The van der Waals surface area contributed by atoms with Crippen LogP contribution in [-0.2, 0) is 10.0 Å². The summed E-state index contributed by atoms with van der Waals surface area (Å²) in [5, 5.41) is 6.56. The van der Waals surface area contributed by atoms with Crippen molar-refractivity contribution in [2.45, 2.75) is 31.6 Å². The number of aryl methyl sites for hydroxylation is 1. The highest BCUT2D eigenvalue weighted by Crippen LogP contribution is 2.21. The molecule has 0 amide bonds. The van der Waals surface area contributed by atoms with Crippen molar-refractivity contribution in [3.8, 4) is 0 Å². The van der Waals surface area contributed by atoms with Crippen molar-refractivity contribution >= 4 is 21.5 Å². The summed E-state index contributed by atoms with van der Waals surface area (Å²) >= 11 is 0. The number of hydrogen-bond donors (Lipinski definition) is 2. The number of benzene rings is 1. The van der Waals surface area contributed by atoms with E-state index in [1.807, 2.05) is 0 Å². The highest BCUT2D eigenvalue weighted by molar-refractivity contribution is 7.92. The first-order valence-corrected chi connectivity index (χ1v) is 8.40. The zero-order chi connectivity index (χ0) is 16.2. The van der Waals surface area contributed by atoms with Gasteiger partial charge in [0.1, 0.15) is 16.5 Å². The molecule has 2 aromatic rings. The molecule has 1 aromatic carbocycles. The molecule has 0 saturated carbocycles. The van der Waals surface area contributed by atoms with Gasteiger partial charge in [-0.05, 0) is 31.5 Å². The molecule has 22 heavy (non-hydrogen) atoms. The molecular formula is C14H18FN3O3S. The number of sulfonamides is 1. The SMILES string of the molecule is CCCCNc1ccc(S(=O)(=O)Nc2cc(C)on2)c(F)c1. The predicted octanol–water partition coefficient (Wildman–Crippen LogP) is 3.13. The molecule has 0 aliphatic rings. The monoisotopic (exact) mass is 327 g/mol. The van der Waals surface area contributed by atoms with E-state index in [0.29, 0.717) is 18.0 Å². The van der Waals surface area contributed by atoms with Gasteiger partial charge in [0, 0.05) is 18.3 Å². The Bertz CT molecular complexity index is 744. The summed E-state index contributed by atoms with van der Waals surface area (Å²) in [7, 11) is -4.05. The van der Waals surface area contributed by atoms with E-state index in [-0.39, 0.29) is 5.82 Å². The number of rotatable bonds is 7. The molecular weight excluding hydrogens is 309 g/mol. The molecule has 0 fully saturated rings. The number of halogens is 1. The second-order valence-electron chi connectivity index (χ2n) is 4.85. The van der Waals surface area contributed by atoms with Crippen LogP contribution in [0.5, 0.6) is 0 Å². The van der Waals surface area contributed by atoms with Crippen molar-refractivity contribution in [3.05, 3.63) is 35.8 Å². The summed E-state index contributed by atoms with van der Waals surface area (Å²) in [5.41, 5.74) is 0.544. The topological polar surface area (TPSA) is 84.2 Å². The lowest BCUT2D eigenvalue weighted by atomic mass is 10.3. The molecule has 8 heteroatoms. The summed E-state index contributed by atoms with van der Waals surface area (Å²) in [6.45, 7) is 4.38. The van der Waals surface area contributed by atoms with Crippen molar-refractivity contribution in [1.82, 2.24) is 5.16 Å². The van der Waals surface area contributed by atoms with Gasteiger partial charge in [0.15, 0.2) is 5.82 Å². The lowest BCUT2D eigenvalue weighted by Gasteiger charge is -2.09. The highest BCUT2D eigenvalue weighted by Gasteiger charge is 2.20. The Morgan fingerprint density at radius 2 is 2.09 bits per heavy atom. The standard InChI is InChI=1S/C14H18FN3O3S/c1-3-4-7-16-11-5-6-13(12(15)9-11)22(19,20)18-14-8-10(2)21-17-14/h5-6,8-9,16H,3-4,7H2,1-2H3,(H,17,18). The maximum Gasteiger partial charge on any atom is 0.266 e.